The van der Waals surface area contributed by atoms with Crippen LogP contribution >= 0.6 is 0 Å². The van der Waals surface area contributed by atoms with Gasteiger partial charge in [0.25, 0.3) is 11.5 Å². The standard InChI is InChI=1S/C20H17FN4O3/c1-11-5-6-12-8-13(21)9-15-17(12)25(11)20(28)16(18(15)26)19(27)24-23-10-14-4-2-3-7-22-14/h2-4,7-11,26H,5-6H2,1H3,(H,24,27)/b23-10-/t11-/m0/s1. The Labute approximate surface area is 159 Å². The van der Waals surface area contributed by atoms with Crippen LogP contribution < -0.4 is 11.0 Å². The molecule has 1 aliphatic rings. The number of rotatable bonds is 3. The fraction of sp³-hybridized carbons (Fsp3) is 0.200. The van der Waals surface area contributed by atoms with Gasteiger partial charge in [-0.15, -0.1) is 0 Å². The Morgan fingerprint density at radius 2 is 2.25 bits per heavy atom. The summed E-state index contributed by atoms with van der Waals surface area (Å²) in [5.74, 6) is -1.95. The molecule has 142 valence electrons. The number of aromatic hydroxyl groups is 1. The van der Waals surface area contributed by atoms with Crippen molar-refractivity contribution in [1.29, 1.82) is 0 Å². The highest BCUT2D eigenvalue weighted by Gasteiger charge is 2.28. The summed E-state index contributed by atoms with van der Waals surface area (Å²) < 4.78 is 15.5. The maximum Gasteiger partial charge on any atom is 0.280 e. The first-order valence-electron chi connectivity index (χ1n) is 8.81. The predicted octanol–water partition coefficient (Wildman–Crippen LogP) is 2.51. The molecule has 1 aromatic carbocycles. The number of nitrogens with zero attached hydrogens (tertiary/aromatic N) is 3. The molecule has 4 rings (SSSR count). The molecule has 8 heteroatoms. The first kappa shape index (κ1) is 17.8. The minimum Gasteiger partial charge on any atom is -0.506 e. The lowest BCUT2D eigenvalue weighted by molar-refractivity contribution is 0.0950. The van der Waals surface area contributed by atoms with Gasteiger partial charge in [0.1, 0.15) is 17.1 Å². The second-order valence-electron chi connectivity index (χ2n) is 6.70. The lowest BCUT2D eigenvalue weighted by Crippen LogP contribution is -2.34. The van der Waals surface area contributed by atoms with Crippen LogP contribution in [0.2, 0.25) is 0 Å². The van der Waals surface area contributed by atoms with E-state index in [1.807, 2.05) is 6.92 Å². The number of carbonyl (C=O) groups excluding carboxylic acids is 1. The molecule has 0 unspecified atom stereocenters. The fourth-order valence-electron chi connectivity index (χ4n) is 3.55. The minimum atomic E-state index is -0.871. The van der Waals surface area contributed by atoms with Gasteiger partial charge in [0.15, 0.2) is 0 Å². The quantitative estimate of drug-likeness (QED) is 0.539. The lowest BCUT2D eigenvalue weighted by atomic mass is 9.95. The molecule has 0 bridgehead atoms. The molecule has 3 heterocycles. The van der Waals surface area contributed by atoms with Crippen LogP contribution in [0.1, 0.15) is 41.0 Å². The van der Waals surface area contributed by atoms with Gasteiger partial charge in [-0.25, -0.2) is 9.82 Å². The Morgan fingerprint density at radius 3 is 3.00 bits per heavy atom. The average molecular weight is 380 g/mol. The van der Waals surface area contributed by atoms with Crippen molar-refractivity contribution in [3.05, 3.63) is 69.5 Å². The summed E-state index contributed by atoms with van der Waals surface area (Å²) in [7, 11) is 0. The van der Waals surface area contributed by atoms with Crippen molar-refractivity contribution in [3.63, 3.8) is 0 Å². The largest absolute Gasteiger partial charge is 0.506 e. The van der Waals surface area contributed by atoms with E-state index in [0.29, 0.717) is 29.6 Å². The Hall–Kier alpha value is -3.55. The van der Waals surface area contributed by atoms with Gasteiger partial charge in [0, 0.05) is 17.6 Å². The van der Waals surface area contributed by atoms with Crippen LogP contribution in [0, 0.1) is 5.82 Å². The Kier molecular flexibility index (Phi) is 4.38. The van der Waals surface area contributed by atoms with E-state index < -0.39 is 28.6 Å². The van der Waals surface area contributed by atoms with Crippen LogP contribution in [0.4, 0.5) is 4.39 Å². The maximum absolute atomic E-state index is 14.0. The van der Waals surface area contributed by atoms with Crippen LogP contribution in [0.3, 0.4) is 0 Å². The van der Waals surface area contributed by atoms with E-state index in [4.69, 9.17) is 0 Å². The van der Waals surface area contributed by atoms with Gasteiger partial charge in [-0.3, -0.25) is 14.6 Å². The normalized spacial score (nSPS) is 15.9. The molecule has 1 atom stereocenters. The van der Waals surface area contributed by atoms with Crippen molar-refractivity contribution in [3.8, 4) is 5.75 Å². The highest BCUT2D eigenvalue weighted by molar-refractivity contribution is 6.03. The Bertz CT molecular complexity index is 1170. The third-order valence-electron chi connectivity index (χ3n) is 4.87. The van der Waals surface area contributed by atoms with Crippen LogP contribution in [0.15, 0.2) is 46.4 Å². The van der Waals surface area contributed by atoms with Crippen molar-refractivity contribution in [2.75, 3.05) is 0 Å². The molecule has 28 heavy (non-hydrogen) atoms. The number of benzene rings is 1. The molecule has 3 aromatic rings. The Morgan fingerprint density at radius 1 is 1.43 bits per heavy atom. The van der Waals surface area contributed by atoms with E-state index in [0.717, 1.165) is 6.07 Å². The molecular weight excluding hydrogens is 363 g/mol. The maximum atomic E-state index is 14.0. The SMILES string of the molecule is C[C@H]1CCc2cc(F)cc3c(O)c(C(=O)N/N=C\c4ccccn4)c(=O)n1c23. The number of amides is 1. The highest BCUT2D eigenvalue weighted by Crippen LogP contribution is 2.35. The average Bonchev–Trinajstić information content (AvgIpc) is 2.67. The summed E-state index contributed by atoms with van der Waals surface area (Å²) in [6, 6.07) is 7.50. The molecule has 1 amide bonds. The number of aromatic nitrogens is 2. The van der Waals surface area contributed by atoms with Gasteiger partial charge in [0.05, 0.1) is 17.4 Å². The topological polar surface area (TPSA) is 96.6 Å². The number of nitrogens with one attached hydrogen (secondary N) is 1. The van der Waals surface area contributed by atoms with E-state index in [-0.39, 0.29) is 11.4 Å². The van der Waals surface area contributed by atoms with Crippen molar-refractivity contribution >= 4 is 23.0 Å². The molecule has 0 fully saturated rings. The van der Waals surface area contributed by atoms with E-state index in [9.17, 15) is 19.1 Å². The second-order valence-corrected chi connectivity index (χ2v) is 6.70. The molecule has 0 spiro atoms. The summed E-state index contributed by atoms with van der Waals surface area (Å²) in [5, 5.41) is 14.5. The van der Waals surface area contributed by atoms with Crippen LogP contribution in [-0.2, 0) is 6.42 Å². The third kappa shape index (κ3) is 2.92. The summed E-state index contributed by atoms with van der Waals surface area (Å²) in [4.78, 5) is 29.6. The molecule has 2 aromatic heterocycles. The third-order valence-corrected chi connectivity index (χ3v) is 4.87. The number of aryl methyl sites for hydroxylation is 1. The van der Waals surface area contributed by atoms with Crippen molar-refractivity contribution in [2.45, 2.75) is 25.8 Å². The summed E-state index contributed by atoms with van der Waals surface area (Å²) in [6.07, 6.45) is 4.12. The second kappa shape index (κ2) is 6.88. The highest BCUT2D eigenvalue weighted by atomic mass is 19.1. The molecule has 0 radical (unpaired) electrons. The number of hydrazone groups is 1. The van der Waals surface area contributed by atoms with Gasteiger partial charge in [-0.1, -0.05) is 6.07 Å². The van der Waals surface area contributed by atoms with Crippen LogP contribution in [0.25, 0.3) is 10.9 Å². The molecular formula is C20H17FN4O3. The van der Waals surface area contributed by atoms with Gasteiger partial charge >= 0.3 is 0 Å². The van der Waals surface area contributed by atoms with E-state index in [2.05, 4.69) is 15.5 Å². The molecule has 0 saturated heterocycles. The number of pyridine rings is 2. The number of carbonyl (C=O) groups is 1. The number of halogens is 1. The van der Waals surface area contributed by atoms with Gasteiger partial charge in [0.2, 0.25) is 0 Å². The summed E-state index contributed by atoms with van der Waals surface area (Å²) in [5.41, 5.74) is 2.76. The monoisotopic (exact) mass is 380 g/mol. The van der Waals surface area contributed by atoms with E-state index in [1.54, 1.807) is 24.4 Å². The number of hydrogen-bond donors (Lipinski definition) is 2. The zero-order valence-electron chi connectivity index (χ0n) is 15.0. The smallest absolute Gasteiger partial charge is 0.280 e. The van der Waals surface area contributed by atoms with Crippen LogP contribution in [0.5, 0.6) is 5.75 Å². The molecule has 0 aliphatic carbocycles. The van der Waals surface area contributed by atoms with Crippen molar-refractivity contribution in [1.82, 2.24) is 15.0 Å². The van der Waals surface area contributed by atoms with Gasteiger partial charge < -0.3 is 9.67 Å². The summed E-state index contributed by atoms with van der Waals surface area (Å²) >= 11 is 0. The fourth-order valence-corrected chi connectivity index (χ4v) is 3.55. The zero-order chi connectivity index (χ0) is 19.8. The molecule has 7 nitrogen and oxygen atoms in total. The molecule has 0 saturated carbocycles. The molecule has 1 aliphatic heterocycles. The summed E-state index contributed by atoms with van der Waals surface area (Å²) in [6.45, 7) is 1.85. The lowest BCUT2D eigenvalue weighted by Gasteiger charge is -2.26. The van der Waals surface area contributed by atoms with E-state index in [1.165, 1.54) is 16.8 Å². The predicted molar refractivity (Wildman–Crippen MR) is 102 cm³/mol. The van der Waals surface area contributed by atoms with Gasteiger partial charge in [-0.2, -0.15) is 5.10 Å². The van der Waals surface area contributed by atoms with Crippen LogP contribution in [-0.4, -0.2) is 26.8 Å². The number of hydrogen-bond acceptors (Lipinski definition) is 5. The van der Waals surface area contributed by atoms with Gasteiger partial charge in [-0.05, 0) is 49.6 Å². The first-order chi connectivity index (χ1) is 13.5. The Balaban J connectivity index is 1.80. The zero-order valence-corrected chi connectivity index (χ0v) is 15.0. The molecule has 2 N–H and O–H groups in total. The first-order valence-corrected chi connectivity index (χ1v) is 8.81. The van der Waals surface area contributed by atoms with Crippen molar-refractivity contribution in [2.24, 2.45) is 5.10 Å². The minimum absolute atomic E-state index is 0.139. The van der Waals surface area contributed by atoms with E-state index >= 15 is 0 Å². The van der Waals surface area contributed by atoms with Crippen molar-refractivity contribution < 1.29 is 14.3 Å².